The molecule has 0 aromatic heterocycles. The Labute approximate surface area is 320 Å². The Morgan fingerprint density at radius 3 is 1.71 bits per heavy atom. The van der Waals surface area contributed by atoms with Crippen molar-refractivity contribution in [2.24, 2.45) is 0 Å². The smallest absolute Gasteiger partial charge is 0.0651 e. The maximum Gasteiger partial charge on any atom is 0.0651 e. The van der Waals surface area contributed by atoms with E-state index in [2.05, 4.69) is 0 Å². The second kappa shape index (κ2) is 13.3. The number of hydrogen-bond acceptors (Lipinski definition) is 1. The predicted molar refractivity (Wildman–Crippen MR) is 218 cm³/mol. The summed E-state index contributed by atoms with van der Waals surface area (Å²) < 4.78 is 139. The van der Waals surface area contributed by atoms with Gasteiger partial charge in [0.2, 0.25) is 0 Å². The highest BCUT2D eigenvalue weighted by atomic mass is 15.1. The van der Waals surface area contributed by atoms with Crippen molar-refractivity contribution in [3.8, 4) is 44.5 Å². The number of fused-ring (bicyclic) bond motifs is 2. The van der Waals surface area contributed by atoms with Crippen molar-refractivity contribution in [3.05, 3.63) is 212 Å². The highest BCUT2D eigenvalue weighted by molar-refractivity contribution is 6.01. The van der Waals surface area contributed by atoms with Crippen LogP contribution in [0.15, 0.2) is 212 Å². The summed E-state index contributed by atoms with van der Waals surface area (Å²) in [6.45, 7) is 0. The second-order valence-electron chi connectivity index (χ2n) is 11.8. The van der Waals surface area contributed by atoms with E-state index < -0.39 is 118 Å². The first-order valence-electron chi connectivity index (χ1n) is 23.8. The number of anilines is 3. The first-order chi connectivity index (χ1) is 31.5. The molecule has 0 aliphatic heterocycles. The van der Waals surface area contributed by atoms with E-state index in [0.717, 1.165) is 21.4 Å². The van der Waals surface area contributed by atoms with Crippen molar-refractivity contribution < 1.29 is 20.6 Å². The van der Waals surface area contributed by atoms with Gasteiger partial charge in [-0.2, -0.15) is 0 Å². The molecule has 9 aromatic carbocycles. The maximum atomic E-state index is 9.87. The molecule has 0 radical (unpaired) electrons. The lowest BCUT2D eigenvalue weighted by molar-refractivity contribution is 1.30. The van der Waals surface area contributed by atoms with E-state index in [-0.39, 0.29) is 11.1 Å². The lowest BCUT2D eigenvalue weighted by atomic mass is 9.93. The summed E-state index contributed by atoms with van der Waals surface area (Å²) in [5.41, 5.74) is 1.45. The van der Waals surface area contributed by atoms with E-state index in [1.54, 1.807) is 42.5 Å². The quantitative estimate of drug-likeness (QED) is 0.164. The SMILES string of the molecule is [2H]c1c([2H])c(-c2cccc3ccccc23)c([2H])c(N(c2c([2H])c([2H])c(-c3cc(-c4ccccc4)cc(-c4ccccc4)c3)c([2H])c2[2H])c2c([2H])c([2H])c([2H])c3c([2H])c([2H])c([2H])c([2H])c23)c1[2H]. The number of nitrogens with zero attached hydrogens (tertiary/aromatic N) is 1. The molecule has 0 bridgehead atoms. The number of hydrogen-bond donors (Lipinski definition) is 0. The molecule has 0 N–H and O–H groups in total. The molecule has 0 aliphatic rings. The Balaban J connectivity index is 1.44. The Morgan fingerprint density at radius 2 is 0.961 bits per heavy atom. The van der Waals surface area contributed by atoms with Crippen LogP contribution in [0.5, 0.6) is 0 Å². The summed E-state index contributed by atoms with van der Waals surface area (Å²) in [5, 5.41) is 0.264. The first kappa shape index (κ1) is 18.3. The van der Waals surface area contributed by atoms with Crippen LogP contribution in [0.1, 0.15) is 20.6 Å². The topological polar surface area (TPSA) is 3.24 Å². The minimum atomic E-state index is -0.853. The van der Waals surface area contributed by atoms with E-state index in [1.807, 2.05) is 78.9 Å². The monoisotopic (exact) mass is 664 g/mol. The lowest BCUT2D eigenvalue weighted by Crippen LogP contribution is -2.10. The molecular weight excluding hydrogens is 615 g/mol. The standard InChI is InChI=1S/C50H35N/c1-3-14-36(15-4-1)42-32-43(37-16-5-2-6-17-37)34-44(33-42)38-28-30-45(31-29-38)51(50-27-13-21-40-19-8-10-25-49(40)50)46-23-11-22-41(35-46)48-26-12-20-39-18-7-9-24-47(39)48/h1-35H/i8D,10D,11D,13D,19D,21D,22D,23D,25D,27D,28D,29D,30D,31D,35D. The Hall–Kier alpha value is -6.70. The van der Waals surface area contributed by atoms with E-state index in [4.69, 9.17) is 11.0 Å². The van der Waals surface area contributed by atoms with Gasteiger partial charge in [-0.25, -0.2) is 0 Å². The average Bonchev–Trinajstić information content (AvgIpc) is 3.33. The van der Waals surface area contributed by atoms with Gasteiger partial charge in [0.05, 0.1) is 26.2 Å². The third-order valence-corrected chi connectivity index (χ3v) is 8.68. The van der Waals surface area contributed by atoms with Crippen LogP contribution in [0.4, 0.5) is 17.1 Å². The fraction of sp³-hybridized carbons (Fsp3) is 0. The van der Waals surface area contributed by atoms with Gasteiger partial charge in [-0.05, 0) is 109 Å². The number of benzene rings is 9. The highest BCUT2D eigenvalue weighted by Gasteiger charge is 2.17. The zero-order chi connectivity index (χ0) is 47.0. The molecule has 51 heavy (non-hydrogen) atoms. The van der Waals surface area contributed by atoms with Crippen LogP contribution in [0, 0.1) is 0 Å². The molecule has 0 heterocycles. The van der Waals surface area contributed by atoms with Crippen molar-refractivity contribution in [3.63, 3.8) is 0 Å². The van der Waals surface area contributed by atoms with E-state index in [9.17, 15) is 9.60 Å². The minimum absolute atomic E-state index is 0.124. The summed E-state index contributed by atoms with van der Waals surface area (Å²) in [7, 11) is 0. The molecule has 0 atom stereocenters. The van der Waals surface area contributed by atoms with Crippen LogP contribution < -0.4 is 4.90 Å². The Kier molecular flexibility index (Phi) is 4.79. The second-order valence-corrected chi connectivity index (χ2v) is 11.8. The summed E-state index contributed by atoms with van der Waals surface area (Å²) >= 11 is 0. The molecule has 0 amide bonds. The predicted octanol–water partition coefficient (Wildman–Crippen LogP) is 14.1. The van der Waals surface area contributed by atoms with Crippen LogP contribution in [-0.4, -0.2) is 0 Å². The van der Waals surface area contributed by atoms with Gasteiger partial charge in [-0.1, -0.05) is 164 Å². The normalized spacial score (nSPS) is 15.3. The average molecular weight is 665 g/mol. The van der Waals surface area contributed by atoms with Gasteiger partial charge in [0.1, 0.15) is 0 Å². The maximum absolute atomic E-state index is 9.87. The Morgan fingerprint density at radius 1 is 0.353 bits per heavy atom. The van der Waals surface area contributed by atoms with E-state index in [0.29, 0.717) is 27.6 Å². The van der Waals surface area contributed by atoms with Gasteiger partial charge < -0.3 is 4.90 Å². The van der Waals surface area contributed by atoms with Crippen molar-refractivity contribution >= 4 is 38.6 Å². The van der Waals surface area contributed by atoms with Gasteiger partial charge in [-0.15, -0.1) is 0 Å². The van der Waals surface area contributed by atoms with Gasteiger partial charge >= 0.3 is 0 Å². The minimum Gasteiger partial charge on any atom is -0.310 e. The molecule has 240 valence electrons. The molecule has 0 saturated carbocycles. The van der Waals surface area contributed by atoms with Gasteiger partial charge in [0.25, 0.3) is 0 Å². The van der Waals surface area contributed by atoms with E-state index in [1.165, 1.54) is 0 Å². The fourth-order valence-corrected chi connectivity index (χ4v) is 6.25. The summed E-state index contributed by atoms with van der Waals surface area (Å²) in [5.74, 6) is 0. The van der Waals surface area contributed by atoms with Crippen molar-refractivity contribution in [1.29, 1.82) is 0 Å². The molecule has 0 unspecified atom stereocenters. The largest absolute Gasteiger partial charge is 0.310 e. The van der Waals surface area contributed by atoms with Crippen LogP contribution in [0.2, 0.25) is 0 Å². The molecular formula is C50H35N. The van der Waals surface area contributed by atoms with Crippen LogP contribution in [0.25, 0.3) is 66.1 Å². The molecule has 1 nitrogen and oxygen atoms in total. The summed E-state index contributed by atoms with van der Waals surface area (Å²) in [6.07, 6.45) is 0. The zero-order valence-electron chi connectivity index (χ0n) is 42.0. The van der Waals surface area contributed by atoms with Crippen molar-refractivity contribution in [2.75, 3.05) is 4.90 Å². The third-order valence-electron chi connectivity index (χ3n) is 8.68. The first-order valence-corrected chi connectivity index (χ1v) is 16.3. The highest BCUT2D eigenvalue weighted by Crippen LogP contribution is 2.42. The molecule has 0 spiro atoms. The molecule has 9 aromatic rings. The molecule has 0 saturated heterocycles. The zero-order valence-corrected chi connectivity index (χ0v) is 27.0. The van der Waals surface area contributed by atoms with Gasteiger partial charge in [0, 0.05) is 16.8 Å². The molecule has 0 fully saturated rings. The van der Waals surface area contributed by atoms with Crippen molar-refractivity contribution in [2.45, 2.75) is 0 Å². The molecule has 1 heteroatoms. The third kappa shape index (κ3) is 5.96. The van der Waals surface area contributed by atoms with E-state index >= 15 is 0 Å². The van der Waals surface area contributed by atoms with Gasteiger partial charge in [-0.3, -0.25) is 0 Å². The Bertz CT molecular complexity index is 3390. The van der Waals surface area contributed by atoms with Crippen LogP contribution in [-0.2, 0) is 0 Å². The van der Waals surface area contributed by atoms with Crippen LogP contribution >= 0.6 is 0 Å². The number of rotatable bonds is 7. The lowest BCUT2D eigenvalue weighted by Gasteiger charge is -2.27. The summed E-state index contributed by atoms with van der Waals surface area (Å²) in [4.78, 5) is 0.819. The van der Waals surface area contributed by atoms with Gasteiger partial charge in [0.15, 0.2) is 0 Å². The van der Waals surface area contributed by atoms with Crippen molar-refractivity contribution in [1.82, 2.24) is 0 Å². The summed E-state index contributed by atoms with van der Waals surface area (Å²) in [6, 6.07) is 25.7. The molecule has 0 aliphatic carbocycles. The molecule has 9 rings (SSSR count). The fourth-order valence-electron chi connectivity index (χ4n) is 6.25. The van der Waals surface area contributed by atoms with Crippen LogP contribution in [0.3, 0.4) is 0 Å².